The zero-order chi connectivity index (χ0) is 27.4. The van der Waals surface area contributed by atoms with Gasteiger partial charge in [-0.05, 0) is 42.5 Å². The summed E-state index contributed by atoms with van der Waals surface area (Å²) in [5.41, 5.74) is 7.14. The fraction of sp³-hybridized carbons (Fsp3) is 0.143. The fourth-order valence-corrected chi connectivity index (χ4v) is 6.68. The number of thioether (sulfide) groups is 1. The Morgan fingerprint density at radius 3 is 2.25 bits per heavy atom. The number of aliphatic carboxylic acids is 1. The van der Waals surface area contributed by atoms with Crippen molar-refractivity contribution in [3.63, 3.8) is 0 Å². The molecule has 0 fully saturated rings. The molecule has 0 radical (unpaired) electrons. The van der Waals surface area contributed by atoms with Crippen molar-refractivity contribution in [2.75, 3.05) is 6.26 Å². The van der Waals surface area contributed by atoms with Gasteiger partial charge in [0, 0.05) is 11.6 Å². The summed E-state index contributed by atoms with van der Waals surface area (Å²) < 4.78 is 58.8. The van der Waals surface area contributed by atoms with Gasteiger partial charge in [0.1, 0.15) is 5.84 Å². The number of nitro benzene ring substituents is 1. The highest BCUT2D eigenvalue weighted by atomic mass is 32.2. The van der Waals surface area contributed by atoms with E-state index in [4.69, 9.17) is 21.0 Å². The van der Waals surface area contributed by atoms with Gasteiger partial charge in [-0.25, -0.2) is 13.2 Å². The van der Waals surface area contributed by atoms with E-state index in [2.05, 4.69) is 0 Å². The molecule has 0 saturated carbocycles. The van der Waals surface area contributed by atoms with Crippen LogP contribution in [-0.2, 0) is 14.6 Å². The van der Waals surface area contributed by atoms with Crippen molar-refractivity contribution in [3.05, 3.63) is 69.1 Å². The molecule has 0 spiro atoms. The van der Waals surface area contributed by atoms with Gasteiger partial charge < -0.3 is 10.8 Å². The number of nitrogens with one attached hydrogen (secondary N) is 1. The molecule has 3 rings (SSSR count). The fourth-order valence-electron chi connectivity index (χ4n) is 2.78. The number of rotatable bonds is 6. The number of aryl methyl sites for hydroxylation is 1. The Hall–Kier alpha value is -3.43. The number of hydrogen-bond donors (Lipinski definition) is 3. The third kappa shape index (κ3) is 6.61. The molecule has 2 aromatic carbocycles. The molecule has 0 saturated heterocycles. The van der Waals surface area contributed by atoms with Crippen LogP contribution in [0.4, 0.5) is 18.9 Å². The van der Waals surface area contributed by atoms with E-state index < -0.39 is 26.9 Å². The molecule has 1 aromatic heterocycles. The van der Waals surface area contributed by atoms with Crippen molar-refractivity contribution in [3.8, 4) is 11.1 Å². The number of benzene rings is 2. The smallest absolute Gasteiger partial charge is 0.475 e. The van der Waals surface area contributed by atoms with Crippen LogP contribution in [0.15, 0.2) is 62.5 Å². The topological polar surface area (TPSA) is 164 Å². The van der Waals surface area contributed by atoms with E-state index in [9.17, 15) is 31.7 Å². The van der Waals surface area contributed by atoms with Gasteiger partial charge in [-0.3, -0.25) is 15.5 Å². The first-order valence-electron chi connectivity index (χ1n) is 9.52. The molecule has 0 amide bonds. The molecule has 15 heteroatoms. The number of nitro groups is 1. The second kappa shape index (κ2) is 11.1. The van der Waals surface area contributed by atoms with Gasteiger partial charge in [-0.15, -0.1) is 23.1 Å². The van der Waals surface area contributed by atoms with Gasteiger partial charge in [-0.2, -0.15) is 13.2 Å². The van der Waals surface area contributed by atoms with Crippen LogP contribution in [0.25, 0.3) is 11.1 Å². The number of alkyl halides is 3. The second-order valence-electron chi connectivity index (χ2n) is 6.97. The number of amidine groups is 1. The number of carboxylic acid groups (broad SMARTS) is 1. The molecule has 0 atom stereocenters. The number of hydrogen-bond acceptors (Lipinski definition) is 8. The van der Waals surface area contributed by atoms with Crippen LogP contribution in [0.3, 0.4) is 0 Å². The van der Waals surface area contributed by atoms with Crippen molar-refractivity contribution >= 4 is 50.4 Å². The maximum absolute atomic E-state index is 13.2. The van der Waals surface area contributed by atoms with E-state index in [1.165, 1.54) is 36.0 Å². The number of carbonyl (C=O) groups is 1. The first-order valence-corrected chi connectivity index (χ1v) is 13.0. The second-order valence-corrected chi connectivity index (χ2v) is 11.0. The lowest BCUT2D eigenvalue weighted by atomic mass is 10.0. The summed E-state index contributed by atoms with van der Waals surface area (Å²) in [4.78, 5) is 20.2. The molecular weight excluding hydrogens is 543 g/mol. The first kappa shape index (κ1) is 28.8. The molecule has 192 valence electrons. The number of nitrogen functional groups attached to an aromatic ring is 1. The number of nitrogens with zero attached hydrogens (tertiary/aromatic N) is 1. The summed E-state index contributed by atoms with van der Waals surface area (Å²) in [6.45, 7) is 1.65. The Bertz CT molecular complexity index is 1440. The maximum Gasteiger partial charge on any atom is 0.490 e. The minimum absolute atomic E-state index is 0.0237. The molecule has 4 N–H and O–H groups in total. The highest BCUT2D eigenvalue weighted by Gasteiger charge is 2.38. The average Bonchev–Trinajstić information content (AvgIpc) is 3.25. The predicted molar refractivity (Wildman–Crippen MR) is 130 cm³/mol. The van der Waals surface area contributed by atoms with Crippen molar-refractivity contribution in [1.29, 1.82) is 5.41 Å². The van der Waals surface area contributed by atoms with Gasteiger partial charge in [0.15, 0.2) is 0 Å². The lowest BCUT2D eigenvalue weighted by Gasteiger charge is -2.08. The van der Waals surface area contributed by atoms with Crippen molar-refractivity contribution in [2.45, 2.75) is 27.1 Å². The van der Waals surface area contributed by atoms with Gasteiger partial charge >= 0.3 is 12.1 Å². The summed E-state index contributed by atoms with van der Waals surface area (Å²) >= 11 is 2.43. The van der Waals surface area contributed by atoms with Crippen LogP contribution in [0.2, 0.25) is 0 Å². The third-order valence-corrected chi connectivity index (χ3v) is 8.87. The molecule has 36 heavy (non-hydrogen) atoms. The van der Waals surface area contributed by atoms with Gasteiger partial charge in [0.2, 0.25) is 9.84 Å². The van der Waals surface area contributed by atoms with Gasteiger partial charge in [0.25, 0.3) is 5.69 Å². The molecule has 9 nitrogen and oxygen atoms in total. The van der Waals surface area contributed by atoms with E-state index in [1.54, 1.807) is 37.4 Å². The molecule has 3 aromatic rings. The summed E-state index contributed by atoms with van der Waals surface area (Å²) in [5.74, 6) is -2.94. The van der Waals surface area contributed by atoms with Crippen LogP contribution in [-0.4, -0.2) is 42.7 Å². The zero-order valence-corrected chi connectivity index (χ0v) is 20.9. The van der Waals surface area contributed by atoms with Gasteiger partial charge in [0.05, 0.1) is 23.8 Å². The van der Waals surface area contributed by atoms with Crippen LogP contribution >= 0.6 is 23.1 Å². The Morgan fingerprint density at radius 2 is 1.75 bits per heavy atom. The zero-order valence-electron chi connectivity index (χ0n) is 18.5. The minimum Gasteiger partial charge on any atom is -0.475 e. The summed E-state index contributed by atoms with van der Waals surface area (Å²) in [5, 5.41) is 25.9. The summed E-state index contributed by atoms with van der Waals surface area (Å²) in [7, 11) is -3.86. The van der Waals surface area contributed by atoms with Crippen LogP contribution < -0.4 is 5.73 Å². The summed E-state index contributed by atoms with van der Waals surface area (Å²) in [6, 6.07) is 12.5. The number of halogens is 3. The molecular formula is C21H18F3N3O6S3. The highest BCUT2D eigenvalue weighted by Crippen LogP contribution is 2.38. The van der Waals surface area contributed by atoms with Crippen LogP contribution in [0, 0.1) is 22.4 Å². The van der Waals surface area contributed by atoms with Crippen molar-refractivity contribution in [2.24, 2.45) is 5.73 Å². The van der Waals surface area contributed by atoms with Crippen LogP contribution in [0.5, 0.6) is 0 Å². The Morgan fingerprint density at radius 1 is 1.17 bits per heavy atom. The number of thiophene rings is 1. The number of nitrogens with two attached hydrogens (primary N) is 1. The molecule has 0 unspecified atom stereocenters. The highest BCUT2D eigenvalue weighted by molar-refractivity contribution is 8.01. The molecule has 0 aliphatic rings. The van der Waals surface area contributed by atoms with Crippen LogP contribution in [0.1, 0.15) is 10.4 Å². The minimum atomic E-state index is -5.08. The first-order chi connectivity index (χ1) is 16.6. The molecule has 0 aliphatic heterocycles. The Balaban J connectivity index is 0.000000572. The quantitative estimate of drug-likeness (QED) is 0.123. The van der Waals surface area contributed by atoms with E-state index in [0.717, 1.165) is 11.3 Å². The summed E-state index contributed by atoms with van der Waals surface area (Å²) in [6.07, 6.45) is -3.32. The average molecular weight is 562 g/mol. The normalized spacial score (nSPS) is 11.4. The SMILES string of the molecule is CSc1sc(C(=N)N)cc1S(=O)(=O)c1cccc(-c2ccc(C)c([N+](=O)[O-])c2)c1.O=C(O)C(F)(F)F. The maximum atomic E-state index is 13.2. The third-order valence-electron chi connectivity index (χ3n) is 4.53. The van der Waals surface area contributed by atoms with E-state index in [0.29, 0.717) is 25.8 Å². The Kier molecular flexibility index (Phi) is 8.88. The molecule has 0 aliphatic carbocycles. The van der Waals surface area contributed by atoms with E-state index in [1.807, 2.05) is 0 Å². The van der Waals surface area contributed by atoms with Gasteiger partial charge in [-0.1, -0.05) is 24.3 Å². The van der Waals surface area contributed by atoms with E-state index >= 15 is 0 Å². The largest absolute Gasteiger partial charge is 0.490 e. The molecule has 1 heterocycles. The monoisotopic (exact) mass is 561 g/mol. The predicted octanol–water partition coefficient (Wildman–Crippen LogP) is 5.10. The van der Waals surface area contributed by atoms with E-state index in [-0.39, 0.29) is 21.3 Å². The lowest BCUT2D eigenvalue weighted by Crippen LogP contribution is -2.21. The molecule has 0 bridgehead atoms. The Labute approximate surface area is 211 Å². The lowest BCUT2D eigenvalue weighted by molar-refractivity contribution is -0.385. The standard InChI is InChI=1S/C19H17N3O4S3.C2HF3O2/c1-11-6-7-13(9-15(11)22(23)24)12-4-3-5-14(8-12)29(25,26)17-10-16(18(20)21)28-19(17)27-2;3-2(4,5)1(6)7/h3-10H,1-2H3,(H3,20,21);(H,6,7). The number of carboxylic acids is 1. The van der Waals surface area contributed by atoms with Crippen molar-refractivity contribution in [1.82, 2.24) is 0 Å². The number of sulfone groups is 1. The van der Waals surface area contributed by atoms with Crippen molar-refractivity contribution < 1.29 is 36.4 Å².